The van der Waals surface area contributed by atoms with Crippen molar-refractivity contribution in [1.82, 2.24) is 10.2 Å². The van der Waals surface area contributed by atoms with Crippen LogP contribution in [-0.4, -0.2) is 34.6 Å². The third-order valence-electron chi connectivity index (χ3n) is 3.40. The first-order valence-corrected chi connectivity index (χ1v) is 7.27. The number of hydrogen-bond acceptors (Lipinski definition) is 2. The Hall–Kier alpha value is -1.75. The Morgan fingerprint density at radius 2 is 1.86 bits per heavy atom. The highest BCUT2D eigenvalue weighted by molar-refractivity contribution is 6.30. The standard InChI is InChI=1S/C15H21ClN2O3/c1-4-10(2)18(9-14(19)20)15(21)17-11(3)12-5-7-13(16)8-6-12/h5-8,10-11H,4,9H2,1-3H3,(H,17,21)(H,19,20). The number of hydrogen-bond donors (Lipinski definition) is 2. The number of aliphatic carboxylic acids is 1. The van der Waals surface area contributed by atoms with Crippen LogP contribution in [0.3, 0.4) is 0 Å². The van der Waals surface area contributed by atoms with Gasteiger partial charge in [0.25, 0.3) is 0 Å². The molecule has 0 saturated heterocycles. The molecule has 0 saturated carbocycles. The molecule has 2 N–H and O–H groups in total. The van der Waals surface area contributed by atoms with Crippen LogP contribution < -0.4 is 5.32 Å². The monoisotopic (exact) mass is 312 g/mol. The summed E-state index contributed by atoms with van der Waals surface area (Å²) in [5.74, 6) is -1.02. The van der Waals surface area contributed by atoms with Crippen molar-refractivity contribution >= 4 is 23.6 Å². The molecule has 0 aromatic heterocycles. The van der Waals surface area contributed by atoms with Crippen molar-refractivity contribution in [1.29, 1.82) is 0 Å². The van der Waals surface area contributed by atoms with Gasteiger partial charge in [0.05, 0.1) is 6.04 Å². The minimum absolute atomic E-state index is 0.140. The molecule has 0 bridgehead atoms. The van der Waals surface area contributed by atoms with Crippen LogP contribution in [0.15, 0.2) is 24.3 Å². The Balaban J connectivity index is 2.75. The number of carboxylic acid groups (broad SMARTS) is 1. The largest absolute Gasteiger partial charge is 0.480 e. The van der Waals surface area contributed by atoms with Gasteiger partial charge in [-0.15, -0.1) is 0 Å². The van der Waals surface area contributed by atoms with E-state index in [1.54, 1.807) is 12.1 Å². The number of nitrogens with zero attached hydrogens (tertiary/aromatic N) is 1. The average molecular weight is 313 g/mol. The van der Waals surface area contributed by atoms with Crippen molar-refractivity contribution in [3.05, 3.63) is 34.9 Å². The summed E-state index contributed by atoms with van der Waals surface area (Å²) < 4.78 is 0. The zero-order chi connectivity index (χ0) is 16.0. The second kappa shape index (κ2) is 7.88. The first-order chi connectivity index (χ1) is 9.85. The van der Waals surface area contributed by atoms with E-state index in [-0.39, 0.29) is 24.7 Å². The van der Waals surface area contributed by atoms with Crippen molar-refractivity contribution < 1.29 is 14.7 Å². The second-order valence-corrected chi connectivity index (χ2v) is 5.44. The lowest BCUT2D eigenvalue weighted by Crippen LogP contribution is -2.47. The van der Waals surface area contributed by atoms with Crippen LogP contribution in [0.5, 0.6) is 0 Å². The lowest BCUT2D eigenvalue weighted by molar-refractivity contribution is -0.138. The van der Waals surface area contributed by atoms with E-state index in [0.717, 1.165) is 5.56 Å². The number of nitrogens with one attached hydrogen (secondary N) is 1. The fourth-order valence-electron chi connectivity index (χ4n) is 1.90. The van der Waals surface area contributed by atoms with E-state index in [4.69, 9.17) is 16.7 Å². The molecule has 2 atom stereocenters. The van der Waals surface area contributed by atoms with Gasteiger partial charge in [0.2, 0.25) is 0 Å². The first-order valence-electron chi connectivity index (χ1n) is 6.89. The molecule has 6 heteroatoms. The number of carbonyl (C=O) groups excluding carboxylic acids is 1. The summed E-state index contributed by atoms with van der Waals surface area (Å²) in [6.07, 6.45) is 0.691. The molecule has 0 aliphatic heterocycles. The summed E-state index contributed by atoms with van der Waals surface area (Å²) in [5.41, 5.74) is 0.909. The number of carboxylic acids is 1. The summed E-state index contributed by atoms with van der Waals surface area (Å²) in [4.78, 5) is 24.5. The minimum atomic E-state index is -1.02. The number of halogens is 1. The maximum absolute atomic E-state index is 12.3. The molecule has 0 aliphatic rings. The topological polar surface area (TPSA) is 69.6 Å². The van der Waals surface area contributed by atoms with Gasteiger partial charge in [-0.1, -0.05) is 30.7 Å². The highest BCUT2D eigenvalue weighted by atomic mass is 35.5. The molecule has 1 rings (SSSR count). The molecule has 1 aromatic carbocycles. The maximum atomic E-state index is 12.3. The van der Waals surface area contributed by atoms with Gasteiger partial charge in [0, 0.05) is 11.1 Å². The molecule has 0 radical (unpaired) electrons. The molecule has 0 heterocycles. The molecule has 1 aromatic rings. The van der Waals surface area contributed by atoms with Gasteiger partial charge < -0.3 is 15.3 Å². The molecule has 2 unspecified atom stereocenters. The van der Waals surface area contributed by atoms with Crippen LogP contribution in [0.4, 0.5) is 4.79 Å². The molecule has 0 fully saturated rings. The fraction of sp³-hybridized carbons (Fsp3) is 0.467. The van der Waals surface area contributed by atoms with Crippen LogP contribution in [0, 0.1) is 0 Å². The van der Waals surface area contributed by atoms with E-state index in [1.807, 2.05) is 32.9 Å². The van der Waals surface area contributed by atoms with Gasteiger partial charge in [-0.2, -0.15) is 0 Å². The van der Waals surface area contributed by atoms with Crippen LogP contribution in [0.25, 0.3) is 0 Å². The summed E-state index contributed by atoms with van der Waals surface area (Å²) in [5, 5.41) is 12.4. The van der Waals surface area contributed by atoms with Crippen molar-refractivity contribution in [3.63, 3.8) is 0 Å². The number of rotatable bonds is 6. The van der Waals surface area contributed by atoms with E-state index >= 15 is 0 Å². The second-order valence-electron chi connectivity index (χ2n) is 5.00. The third kappa shape index (κ3) is 5.27. The Kier molecular flexibility index (Phi) is 6.49. The smallest absolute Gasteiger partial charge is 0.323 e. The number of amides is 2. The average Bonchev–Trinajstić information content (AvgIpc) is 2.44. The van der Waals surface area contributed by atoms with Crippen molar-refractivity contribution in [3.8, 4) is 0 Å². The Morgan fingerprint density at radius 3 is 2.33 bits per heavy atom. The predicted octanol–water partition coefficient (Wildman–Crippen LogP) is 3.30. The SMILES string of the molecule is CCC(C)N(CC(=O)O)C(=O)NC(C)c1ccc(Cl)cc1. The van der Waals surface area contributed by atoms with Crippen molar-refractivity contribution in [2.75, 3.05) is 6.54 Å². The summed E-state index contributed by atoms with van der Waals surface area (Å²) >= 11 is 5.83. The van der Waals surface area contributed by atoms with Crippen molar-refractivity contribution in [2.45, 2.75) is 39.3 Å². The summed E-state index contributed by atoms with van der Waals surface area (Å²) in [6.45, 7) is 5.27. The molecule has 21 heavy (non-hydrogen) atoms. The molecule has 116 valence electrons. The summed E-state index contributed by atoms with van der Waals surface area (Å²) in [6, 6.07) is 6.42. The van der Waals surface area contributed by atoms with Gasteiger partial charge in [-0.25, -0.2) is 4.79 Å². The Labute approximate surface area is 129 Å². The van der Waals surface area contributed by atoms with Gasteiger partial charge in [0.15, 0.2) is 0 Å². The molecular formula is C15H21ClN2O3. The normalized spacial score (nSPS) is 13.3. The van der Waals surface area contributed by atoms with Gasteiger partial charge in [0.1, 0.15) is 6.54 Å². The van der Waals surface area contributed by atoms with Gasteiger partial charge in [-0.3, -0.25) is 4.79 Å². The first kappa shape index (κ1) is 17.3. The Bertz CT molecular complexity index is 490. The fourth-order valence-corrected chi connectivity index (χ4v) is 2.02. The predicted molar refractivity (Wildman–Crippen MR) is 82.5 cm³/mol. The molecule has 0 spiro atoms. The number of benzene rings is 1. The lowest BCUT2D eigenvalue weighted by atomic mass is 10.1. The van der Waals surface area contributed by atoms with E-state index in [0.29, 0.717) is 11.4 Å². The molecule has 0 aliphatic carbocycles. The van der Waals surface area contributed by atoms with E-state index in [9.17, 15) is 9.59 Å². The van der Waals surface area contributed by atoms with Crippen LogP contribution >= 0.6 is 11.6 Å². The number of carbonyl (C=O) groups is 2. The van der Waals surface area contributed by atoms with Crippen LogP contribution in [-0.2, 0) is 4.79 Å². The van der Waals surface area contributed by atoms with Gasteiger partial charge in [-0.05, 0) is 38.0 Å². The summed E-state index contributed by atoms with van der Waals surface area (Å²) in [7, 11) is 0. The van der Waals surface area contributed by atoms with E-state index < -0.39 is 5.97 Å². The maximum Gasteiger partial charge on any atom is 0.323 e. The molecule has 5 nitrogen and oxygen atoms in total. The quantitative estimate of drug-likeness (QED) is 0.846. The zero-order valence-corrected chi connectivity index (χ0v) is 13.2. The van der Waals surface area contributed by atoms with Gasteiger partial charge >= 0.3 is 12.0 Å². The highest BCUT2D eigenvalue weighted by Crippen LogP contribution is 2.16. The van der Waals surface area contributed by atoms with Crippen molar-refractivity contribution in [2.24, 2.45) is 0 Å². The minimum Gasteiger partial charge on any atom is -0.480 e. The lowest BCUT2D eigenvalue weighted by Gasteiger charge is -2.28. The molecule has 2 amide bonds. The molecular weight excluding hydrogens is 292 g/mol. The van der Waals surface area contributed by atoms with Crippen LogP contribution in [0.2, 0.25) is 5.02 Å². The van der Waals surface area contributed by atoms with E-state index in [1.165, 1.54) is 4.90 Å². The zero-order valence-electron chi connectivity index (χ0n) is 12.5. The Morgan fingerprint density at radius 1 is 1.29 bits per heavy atom. The van der Waals surface area contributed by atoms with E-state index in [2.05, 4.69) is 5.32 Å². The highest BCUT2D eigenvalue weighted by Gasteiger charge is 2.23. The number of urea groups is 1. The van der Waals surface area contributed by atoms with Crippen LogP contribution in [0.1, 0.15) is 38.8 Å². The third-order valence-corrected chi connectivity index (χ3v) is 3.65.